The van der Waals surface area contributed by atoms with Crippen molar-refractivity contribution in [1.29, 1.82) is 0 Å². The average Bonchev–Trinajstić information content (AvgIpc) is 2.71. The predicted molar refractivity (Wildman–Crippen MR) is 61.5 cm³/mol. The van der Waals surface area contributed by atoms with Gasteiger partial charge < -0.3 is 10.3 Å². The van der Waals surface area contributed by atoms with Gasteiger partial charge in [-0.3, -0.25) is 4.98 Å². The van der Waals surface area contributed by atoms with E-state index in [4.69, 9.17) is 0 Å². The van der Waals surface area contributed by atoms with Crippen LogP contribution in [0.15, 0.2) is 24.5 Å². The Labute approximate surface area is 88.9 Å². The lowest BCUT2D eigenvalue weighted by Gasteiger charge is -1.91. The lowest BCUT2D eigenvalue weighted by Crippen LogP contribution is -2.05. The minimum atomic E-state index is 0.860. The molecule has 0 bridgehead atoms. The molecule has 0 fully saturated rings. The number of nitrogens with one attached hydrogen (secondary N) is 2. The smallest absolute Gasteiger partial charge is 0.0879 e. The van der Waals surface area contributed by atoms with Crippen molar-refractivity contribution in [1.82, 2.24) is 15.3 Å². The van der Waals surface area contributed by atoms with Crippen molar-refractivity contribution in [3.8, 4) is 11.8 Å². The van der Waals surface area contributed by atoms with Gasteiger partial charge in [-0.25, -0.2) is 0 Å². The van der Waals surface area contributed by atoms with E-state index in [0.717, 1.165) is 29.6 Å². The predicted octanol–water partition coefficient (Wildman–Crippen LogP) is 1.52. The molecule has 3 heteroatoms. The number of rotatable bonds is 2. The number of H-pyrrole nitrogens is 1. The summed E-state index contributed by atoms with van der Waals surface area (Å²) in [6.45, 7) is 0.922. The Bertz CT molecular complexity index is 502. The summed E-state index contributed by atoms with van der Waals surface area (Å²) in [5, 5.41) is 3.06. The van der Waals surface area contributed by atoms with Gasteiger partial charge in [0.1, 0.15) is 0 Å². The molecule has 2 rings (SSSR count). The molecule has 3 nitrogen and oxygen atoms in total. The summed E-state index contributed by atoms with van der Waals surface area (Å²) in [5.41, 5.74) is 2.98. The van der Waals surface area contributed by atoms with Crippen molar-refractivity contribution in [3.05, 3.63) is 30.1 Å². The third kappa shape index (κ3) is 2.36. The van der Waals surface area contributed by atoms with Crippen LogP contribution in [0.5, 0.6) is 0 Å². The van der Waals surface area contributed by atoms with Crippen LogP contribution in [0.4, 0.5) is 0 Å². The second kappa shape index (κ2) is 4.63. The minimum absolute atomic E-state index is 0.860. The largest absolute Gasteiger partial charge is 0.360 e. The van der Waals surface area contributed by atoms with Crippen LogP contribution in [0.2, 0.25) is 0 Å². The first kappa shape index (κ1) is 9.75. The summed E-state index contributed by atoms with van der Waals surface area (Å²) in [6.07, 6.45) is 4.55. The van der Waals surface area contributed by atoms with Crippen LogP contribution in [-0.4, -0.2) is 23.6 Å². The maximum Gasteiger partial charge on any atom is 0.0879 e. The standard InChI is InChI=1S/C12H13N3/c1-13-6-3-2-4-10-8-12-11(15-9-10)5-7-14-12/h5,7-9,13-14H,3,6H2,1H3. The van der Waals surface area contributed by atoms with E-state index in [-0.39, 0.29) is 0 Å². The monoisotopic (exact) mass is 199 g/mol. The highest BCUT2D eigenvalue weighted by molar-refractivity contribution is 5.75. The maximum atomic E-state index is 4.29. The first-order chi connectivity index (χ1) is 7.40. The molecule has 0 aromatic carbocycles. The number of aromatic amines is 1. The van der Waals surface area contributed by atoms with Crippen LogP contribution in [0.1, 0.15) is 12.0 Å². The molecule has 2 aromatic rings. The Hall–Kier alpha value is -1.79. The molecular formula is C12H13N3. The average molecular weight is 199 g/mol. The number of aromatic nitrogens is 2. The van der Waals surface area contributed by atoms with Crippen molar-refractivity contribution >= 4 is 11.0 Å². The van der Waals surface area contributed by atoms with Gasteiger partial charge in [0, 0.05) is 30.9 Å². The molecule has 0 amide bonds. The minimum Gasteiger partial charge on any atom is -0.360 e. The van der Waals surface area contributed by atoms with E-state index in [1.165, 1.54) is 0 Å². The van der Waals surface area contributed by atoms with Crippen molar-refractivity contribution in [2.75, 3.05) is 13.6 Å². The Morgan fingerprint density at radius 3 is 3.33 bits per heavy atom. The molecule has 0 unspecified atom stereocenters. The number of nitrogens with zero attached hydrogens (tertiary/aromatic N) is 1. The molecule has 2 N–H and O–H groups in total. The van der Waals surface area contributed by atoms with E-state index in [1.54, 1.807) is 0 Å². The van der Waals surface area contributed by atoms with Gasteiger partial charge in [-0.2, -0.15) is 0 Å². The van der Waals surface area contributed by atoms with E-state index in [0.29, 0.717) is 0 Å². The molecule has 0 aliphatic heterocycles. The molecule has 0 atom stereocenters. The highest BCUT2D eigenvalue weighted by Crippen LogP contribution is 2.09. The van der Waals surface area contributed by atoms with Crippen LogP contribution >= 0.6 is 0 Å². The highest BCUT2D eigenvalue weighted by Gasteiger charge is 1.95. The fourth-order valence-corrected chi connectivity index (χ4v) is 1.35. The Morgan fingerprint density at radius 1 is 1.53 bits per heavy atom. The second-order valence-corrected chi connectivity index (χ2v) is 3.29. The summed E-state index contributed by atoms with van der Waals surface area (Å²) in [6, 6.07) is 3.97. The first-order valence-corrected chi connectivity index (χ1v) is 4.97. The maximum absolute atomic E-state index is 4.29. The molecular weight excluding hydrogens is 186 g/mol. The van der Waals surface area contributed by atoms with Crippen LogP contribution in [-0.2, 0) is 0 Å². The van der Waals surface area contributed by atoms with Crippen LogP contribution in [0, 0.1) is 11.8 Å². The molecule has 76 valence electrons. The molecule has 0 radical (unpaired) electrons. The van der Waals surface area contributed by atoms with Gasteiger partial charge in [-0.05, 0) is 19.2 Å². The summed E-state index contributed by atoms with van der Waals surface area (Å²) >= 11 is 0. The van der Waals surface area contributed by atoms with E-state index >= 15 is 0 Å². The molecule has 0 saturated carbocycles. The van der Waals surface area contributed by atoms with Gasteiger partial charge in [0.2, 0.25) is 0 Å². The summed E-state index contributed by atoms with van der Waals surface area (Å²) in [5.74, 6) is 6.18. The number of pyridine rings is 1. The zero-order valence-electron chi connectivity index (χ0n) is 8.67. The van der Waals surface area contributed by atoms with E-state index in [2.05, 4.69) is 27.1 Å². The van der Waals surface area contributed by atoms with Crippen molar-refractivity contribution < 1.29 is 0 Å². The fourth-order valence-electron chi connectivity index (χ4n) is 1.35. The Morgan fingerprint density at radius 2 is 2.47 bits per heavy atom. The third-order valence-electron chi connectivity index (χ3n) is 2.13. The van der Waals surface area contributed by atoms with Gasteiger partial charge in [0.05, 0.1) is 11.0 Å². The highest BCUT2D eigenvalue weighted by atomic mass is 14.8. The van der Waals surface area contributed by atoms with Crippen LogP contribution < -0.4 is 5.32 Å². The lowest BCUT2D eigenvalue weighted by molar-refractivity contribution is 0.818. The van der Waals surface area contributed by atoms with Crippen LogP contribution in [0.3, 0.4) is 0 Å². The van der Waals surface area contributed by atoms with Gasteiger partial charge in [-0.15, -0.1) is 0 Å². The van der Waals surface area contributed by atoms with Crippen LogP contribution in [0.25, 0.3) is 11.0 Å². The summed E-state index contributed by atoms with van der Waals surface area (Å²) in [4.78, 5) is 7.41. The van der Waals surface area contributed by atoms with Crippen molar-refractivity contribution in [3.63, 3.8) is 0 Å². The van der Waals surface area contributed by atoms with Gasteiger partial charge in [0.25, 0.3) is 0 Å². The topological polar surface area (TPSA) is 40.7 Å². The Balaban J connectivity index is 2.16. The molecule has 0 aliphatic carbocycles. The van der Waals surface area contributed by atoms with Gasteiger partial charge >= 0.3 is 0 Å². The second-order valence-electron chi connectivity index (χ2n) is 3.29. The third-order valence-corrected chi connectivity index (χ3v) is 2.13. The summed E-state index contributed by atoms with van der Waals surface area (Å²) < 4.78 is 0. The Kier molecular flexibility index (Phi) is 3.01. The molecule has 2 aromatic heterocycles. The molecule has 0 aliphatic rings. The molecule has 0 saturated heterocycles. The zero-order chi connectivity index (χ0) is 10.5. The van der Waals surface area contributed by atoms with Gasteiger partial charge in [-0.1, -0.05) is 11.8 Å². The fraction of sp³-hybridized carbons (Fsp3) is 0.250. The lowest BCUT2D eigenvalue weighted by atomic mass is 10.2. The number of hydrogen-bond donors (Lipinski definition) is 2. The van der Waals surface area contributed by atoms with Crippen molar-refractivity contribution in [2.45, 2.75) is 6.42 Å². The SMILES string of the molecule is CNCCC#Cc1cnc2cc[nH]c2c1. The van der Waals surface area contributed by atoms with E-state index < -0.39 is 0 Å². The summed E-state index contributed by atoms with van der Waals surface area (Å²) in [7, 11) is 1.92. The van der Waals surface area contributed by atoms with E-state index in [1.807, 2.05) is 31.6 Å². The number of fused-ring (bicyclic) bond motifs is 1. The molecule has 0 spiro atoms. The molecule has 2 heterocycles. The normalized spacial score (nSPS) is 9.93. The number of hydrogen-bond acceptors (Lipinski definition) is 2. The first-order valence-electron chi connectivity index (χ1n) is 4.97. The van der Waals surface area contributed by atoms with Crippen molar-refractivity contribution in [2.24, 2.45) is 0 Å². The zero-order valence-corrected chi connectivity index (χ0v) is 8.67. The molecule has 15 heavy (non-hydrogen) atoms. The van der Waals surface area contributed by atoms with E-state index in [9.17, 15) is 0 Å². The van der Waals surface area contributed by atoms with Gasteiger partial charge in [0.15, 0.2) is 0 Å². The quantitative estimate of drug-likeness (QED) is 0.568.